The van der Waals surface area contributed by atoms with Gasteiger partial charge < -0.3 is 10.1 Å². The number of hydrogen-bond donors (Lipinski definition) is 2. The average molecular weight is 421 g/mol. The number of aryl methyl sites for hydroxylation is 2. The van der Waals surface area contributed by atoms with Crippen molar-refractivity contribution in [3.63, 3.8) is 0 Å². The van der Waals surface area contributed by atoms with Crippen LogP contribution in [0.5, 0.6) is 5.75 Å². The molecule has 4 amide bonds. The number of rotatable bonds is 4. The highest BCUT2D eigenvalue weighted by Gasteiger charge is 2.69. The molecule has 0 radical (unpaired) electrons. The Labute approximate surface area is 169 Å². The zero-order valence-corrected chi connectivity index (χ0v) is 16.3. The Balaban J connectivity index is 2.05. The maximum Gasteiger partial charge on any atom is 0.440 e. The number of methoxy groups -OCH3 is 1. The molecule has 0 spiro atoms. The number of carbonyl (C=O) groups excluding carboxylic acids is 3. The van der Waals surface area contributed by atoms with Crippen LogP contribution in [0.3, 0.4) is 0 Å². The molecule has 2 aromatic rings. The van der Waals surface area contributed by atoms with E-state index in [0.29, 0.717) is 10.5 Å². The summed E-state index contributed by atoms with van der Waals surface area (Å²) in [5.74, 6) is -2.88. The number of ether oxygens (including phenoxy) is 1. The first kappa shape index (κ1) is 21.2. The van der Waals surface area contributed by atoms with Crippen LogP contribution in [0, 0.1) is 13.8 Å². The largest absolute Gasteiger partial charge is 0.496 e. The minimum absolute atomic E-state index is 0.00957. The molecule has 2 N–H and O–H groups in total. The van der Waals surface area contributed by atoms with Crippen LogP contribution in [-0.4, -0.2) is 36.8 Å². The van der Waals surface area contributed by atoms with Crippen molar-refractivity contribution in [3.05, 3.63) is 59.2 Å². The second-order valence-corrected chi connectivity index (χ2v) is 6.76. The van der Waals surface area contributed by atoms with Crippen molar-refractivity contribution in [3.8, 4) is 5.75 Å². The lowest BCUT2D eigenvalue weighted by Gasteiger charge is -2.30. The second-order valence-electron chi connectivity index (χ2n) is 6.76. The van der Waals surface area contributed by atoms with Crippen molar-refractivity contribution in [1.29, 1.82) is 0 Å². The molecule has 1 aliphatic rings. The maximum atomic E-state index is 14.0. The fraction of sp³-hybridized carbons (Fsp3) is 0.250. The first-order chi connectivity index (χ1) is 14.0. The number of nitrogens with one attached hydrogen (secondary N) is 2. The van der Waals surface area contributed by atoms with Gasteiger partial charge in [0, 0.05) is 0 Å². The molecule has 10 heteroatoms. The van der Waals surface area contributed by atoms with Crippen LogP contribution >= 0.6 is 0 Å². The molecular weight excluding hydrogens is 403 g/mol. The van der Waals surface area contributed by atoms with Gasteiger partial charge in [-0.05, 0) is 37.6 Å². The topological polar surface area (TPSA) is 87.7 Å². The van der Waals surface area contributed by atoms with Gasteiger partial charge >= 0.3 is 12.2 Å². The number of anilines is 1. The summed E-state index contributed by atoms with van der Waals surface area (Å²) in [6.45, 7) is 3.32. The summed E-state index contributed by atoms with van der Waals surface area (Å²) < 4.78 is 47.1. The molecule has 1 atom stereocenters. The Kier molecular flexibility index (Phi) is 5.19. The van der Waals surface area contributed by atoms with Gasteiger partial charge in [-0.3, -0.25) is 14.9 Å². The van der Waals surface area contributed by atoms with Gasteiger partial charge in [0.2, 0.25) is 0 Å². The minimum atomic E-state index is -5.31. The second kappa shape index (κ2) is 7.36. The predicted molar refractivity (Wildman–Crippen MR) is 101 cm³/mol. The number of halogens is 3. The number of para-hydroxylation sites is 1. The van der Waals surface area contributed by atoms with Gasteiger partial charge in [-0.25, -0.2) is 9.69 Å². The lowest BCUT2D eigenvalue weighted by Crippen LogP contribution is -2.69. The lowest BCUT2D eigenvalue weighted by atomic mass is 10.1. The third kappa shape index (κ3) is 3.34. The summed E-state index contributed by atoms with van der Waals surface area (Å²) >= 11 is 0. The third-order valence-corrected chi connectivity index (χ3v) is 4.69. The summed E-state index contributed by atoms with van der Waals surface area (Å²) in [6.07, 6.45) is -5.31. The first-order valence-electron chi connectivity index (χ1n) is 8.78. The van der Waals surface area contributed by atoms with Gasteiger partial charge in [0.25, 0.3) is 17.5 Å². The number of hydrogen-bond acceptors (Lipinski definition) is 4. The molecule has 1 fully saturated rings. The fourth-order valence-electron chi connectivity index (χ4n) is 3.22. The zero-order valence-electron chi connectivity index (χ0n) is 16.3. The molecular formula is C20H18F3N3O4. The predicted octanol–water partition coefficient (Wildman–Crippen LogP) is 3.06. The van der Waals surface area contributed by atoms with Crippen molar-refractivity contribution in [1.82, 2.24) is 10.6 Å². The van der Waals surface area contributed by atoms with Crippen LogP contribution in [0.4, 0.5) is 23.7 Å². The molecule has 7 nitrogen and oxygen atoms in total. The minimum Gasteiger partial charge on any atom is -0.496 e. The molecule has 158 valence electrons. The van der Waals surface area contributed by atoms with E-state index in [1.54, 1.807) is 36.6 Å². The molecule has 0 aliphatic carbocycles. The number of carbonyl (C=O) groups is 3. The molecule has 1 unspecified atom stereocenters. The molecule has 1 saturated heterocycles. The third-order valence-electron chi connectivity index (χ3n) is 4.69. The van der Waals surface area contributed by atoms with Crippen LogP contribution in [0.15, 0.2) is 42.5 Å². The fourth-order valence-corrected chi connectivity index (χ4v) is 3.22. The van der Waals surface area contributed by atoms with E-state index in [0.717, 1.165) is 5.56 Å². The highest BCUT2D eigenvalue weighted by molar-refractivity contribution is 6.25. The van der Waals surface area contributed by atoms with Crippen molar-refractivity contribution in [2.24, 2.45) is 0 Å². The summed E-state index contributed by atoms with van der Waals surface area (Å²) in [5.41, 5.74) is -2.64. The number of alkyl halides is 3. The van der Waals surface area contributed by atoms with Gasteiger partial charge in [-0.2, -0.15) is 13.2 Å². The van der Waals surface area contributed by atoms with Crippen molar-refractivity contribution in [2.45, 2.75) is 25.7 Å². The van der Waals surface area contributed by atoms with Crippen LogP contribution in [0.25, 0.3) is 0 Å². The van der Waals surface area contributed by atoms with E-state index in [9.17, 15) is 27.6 Å². The Morgan fingerprint density at radius 1 is 1.13 bits per heavy atom. The van der Waals surface area contributed by atoms with Crippen molar-refractivity contribution in [2.75, 3.05) is 12.0 Å². The first-order valence-corrected chi connectivity index (χ1v) is 8.78. The van der Waals surface area contributed by atoms with Crippen LogP contribution < -0.4 is 20.3 Å². The van der Waals surface area contributed by atoms with Gasteiger partial charge in [-0.15, -0.1) is 0 Å². The number of nitrogens with zero attached hydrogens (tertiary/aromatic N) is 1. The summed E-state index contributed by atoms with van der Waals surface area (Å²) in [4.78, 5) is 38.4. The summed E-state index contributed by atoms with van der Waals surface area (Å²) in [6, 6.07) is 8.82. The average Bonchev–Trinajstić information content (AvgIpc) is 2.92. The summed E-state index contributed by atoms with van der Waals surface area (Å²) in [5, 5.41) is 3.29. The molecule has 0 bridgehead atoms. The highest BCUT2D eigenvalue weighted by atomic mass is 19.4. The van der Waals surface area contributed by atoms with Crippen LogP contribution in [0.2, 0.25) is 0 Å². The van der Waals surface area contributed by atoms with E-state index in [4.69, 9.17) is 4.74 Å². The lowest BCUT2D eigenvalue weighted by molar-refractivity contribution is -0.197. The molecule has 0 saturated carbocycles. The van der Waals surface area contributed by atoms with E-state index in [1.807, 2.05) is 0 Å². The number of urea groups is 1. The molecule has 3 rings (SSSR count). The Bertz CT molecular complexity index is 1040. The normalized spacial score (nSPS) is 18.9. The van der Waals surface area contributed by atoms with Gasteiger partial charge in [0.15, 0.2) is 0 Å². The van der Waals surface area contributed by atoms with Crippen LogP contribution in [0.1, 0.15) is 21.5 Å². The number of benzene rings is 2. The Morgan fingerprint density at radius 3 is 2.40 bits per heavy atom. The maximum absolute atomic E-state index is 14.0. The van der Waals surface area contributed by atoms with Crippen molar-refractivity contribution >= 4 is 23.5 Å². The van der Waals surface area contributed by atoms with Gasteiger partial charge in [-0.1, -0.05) is 29.8 Å². The van der Waals surface area contributed by atoms with E-state index >= 15 is 0 Å². The van der Waals surface area contributed by atoms with Gasteiger partial charge in [0.05, 0.1) is 18.4 Å². The Hall–Kier alpha value is -3.56. The quantitative estimate of drug-likeness (QED) is 0.743. The molecule has 30 heavy (non-hydrogen) atoms. The van der Waals surface area contributed by atoms with Gasteiger partial charge in [0.1, 0.15) is 5.75 Å². The number of amides is 4. The molecule has 2 aromatic carbocycles. The van der Waals surface area contributed by atoms with E-state index < -0.39 is 29.7 Å². The standard InChI is InChI=1S/C20H18F3N3O4/c1-11-8-9-14(12(2)10-11)26-17(28)19(20(21,22)23,25-18(26)29)24-16(27)13-6-4-5-7-15(13)30-3/h4-10H,1-3H3,(H,24,27)(H,25,29). The summed E-state index contributed by atoms with van der Waals surface area (Å²) in [7, 11) is 1.25. The molecule has 1 aliphatic heterocycles. The van der Waals surface area contributed by atoms with Crippen molar-refractivity contribution < 1.29 is 32.3 Å². The van der Waals surface area contributed by atoms with E-state index in [2.05, 4.69) is 0 Å². The van der Waals surface area contributed by atoms with E-state index in [1.165, 1.54) is 37.4 Å². The Morgan fingerprint density at radius 2 is 1.80 bits per heavy atom. The smallest absolute Gasteiger partial charge is 0.440 e. The number of imide groups is 1. The van der Waals surface area contributed by atoms with E-state index in [-0.39, 0.29) is 17.0 Å². The molecule has 1 heterocycles. The zero-order chi connectivity index (χ0) is 22.3. The van der Waals surface area contributed by atoms with Crippen LogP contribution in [-0.2, 0) is 4.79 Å². The molecule has 0 aromatic heterocycles. The monoisotopic (exact) mass is 421 g/mol. The highest BCUT2D eigenvalue weighted by Crippen LogP contribution is 2.37. The SMILES string of the molecule is COc1ccccc1C(=O)NC1(C(F)(F)F)NC(=O)N(c2ccc(C)cc2C)C1=O.